The topological polar surface area (TPSA) is 78.4 Å². The van der Waals surface area contributed by atoms with Crippen molar-refractivity contribution < 1.29 is 14.7 Å². The van der Waals surface area contributed by atoms with E-state index in [0.717, 1.165) is 5.56 Å². The lowest BCUT2D eigenvalue weighted by molar-refractivity contribution is -0.136. The summed E-state index contributed by atoms with van der Waals surface area (Å²) >= 11 is 0. The summed E-state index contributed by atoms with van der Waals surface area (Å²) in [4.78, 5) is 22.4. The number of aliphatic carboxylic acids is 1. The van der Waals surface area contributed by atoms with Gasteiger partial charge in [0.25, 0.3) is 0 Å². The number of hydrogen-bond acceptors (Lipinski definition) is 2. The largest absolute Gasteiger partial charge is 0.481 e. The van der Waals surface area contributed by atoms with Crippen LogP contribution in [0.1, 0.15) is 32.8 Å². The summed E-state index contributed by atoms with van der Waals surface area (Å²) in [7, 11) is 0. The second-order valence-electron chi connectivity index (χ2n) is 5.92. The molecule has 1 rings (SSSR count). The van der Waals surface area contributed by atoms with E-state index in [9.17, 15) is 9.59 Å². The average Bonchev–Trinajstić information content (AvgIpc) is 2.34. The van der Waals surface area contributed by atoms with Crippen molar-refractivity contribution in [3.8, 4) is 0 Å². The minimum atomic E-state index is -0.850. The number of nitrogens with one attached hydrogen (secondary N) is 2. The van der Waals surface area contributed by atoms with E-state index >= 15 is 0 Å². The monoisotopic (exact) mass is 278 g/mol. The molecule has 0 saturated heterocycles. The summed E-state index contributed by atoms with van der Waals surface area (Å²) in [6.07, 6.45) is 0.438. The Hall–Kier alpha value is -2.04. The van der Waals surface area contributed by atoms with Crippen LogP contribution in [0, 0.1) is 5.41 Å². The van der Waals surface area contributed by atoms with Crippen molar-refractivity contribution in [2.75, 3.05) is 11.9 Å². The maximum absolute atomic E-state index is 11.8. The van der Waals surface area contributed by atoms with E-state index in [-0.39, 0.29) is 17.9 Å². The van der Waals surface area contributed by atoms with Crippen molar-refractivity contribution in [1.82, 2.24) is 5.32 Å². The van der Waals surface area contributed by atoms with Crippen LogP contribution in [0.2, 0.25) is 0 Å². The molecule has 0 fully saturated rings. The van der Waals surface area contributed by atoms with Crippen LogP contribution in [0.5, 0.6) is 0 Å². The smallest absolute Gasteiger partial charge is 0.319 e. The molecule has 0 saturated carbocycles. The predicted octanol–water partition coefficient (Wildman–Crippen LogP) is 2.87. The van der Waals surface area contributed by atoms with Gasteiger partial charge in [0.2, 0.25) is 0 Å². The number of urea groups is 1. The highest BCUT2D eigenvalue weighted by molar-refractivity contribution is 5.90. The molecule has 5 nitrogen and oxygen atoms in total. The van der Waals surface area contributed by atoms with Crippen LogP contribution in [0.15, 0.2) is 24.3 Å². The Labute approximate surface area is 119 Å². The Morgan fingerprint density at radius 1 is 1.20 bits per heavy atom. The van der Waals surface area contributed by atoms with Crippen LogP contribution in [0.4, 0.5) is 10.5 Å². The van der Waals surface area contributed by atoms with E-state index in [1.54, 1.807) is 6.07 Å². The first-order valence-electron chi connectivity index (χ1n) is 6.62. The van der Waals surface area contributed by atoms with E-state index in [1.807, 2.05) is 39.0 Å². The molecular weight excluding hydrogens is 256 g/mol. The van der Waals surface area contributed by atoms with Crippen LogP contribution < -0.4 is 10.6 Å². The summed E-state index contributed by atoms with van der Waals surface area (Å²) in [5.74, 6) is -0.850. The number of para-hydroxylation sites is 1. The Balaban J connectivity index is 2.62. The van der Waals surface area contributed by atoms with Gasteiger partial charge in [-0.2, -0.15) is 0 Å². The molecule has 0 aliphatic carbocycles. The van der Waals surface area contributed by atoms with E-state index in [0.29, 0.717) is 18.7 Å². The summed E-state index contributed by atoms with van der Waals surface area (Å²) in [6.45, 7) is 6.67. The molecule has 0 unspecified atom stereocenters. The maximum Gasteiger partial charge on any atom is 0.319 e. The molecule has 0 atom stereocenters. The van der Waals surface area contributed by atoms with Gasteiger partial charge in [0.15, 0.2) is 0 Å². The number of anilines is 1. The minimum absolute atomic E-state index is 0.0141. The molecule has 3 N–H and O–H groups in total. The molecule has 0 spiro atoms. The third-order valence-electron chi connectivity index (χ3n) is 2.65. The summed E-state index contributed by atoms with van der Waals surface area (Å²) in [5, 5.41) is 14.3. The first kappa shape index (κ1) is 16.0. The maximum atomic E-state index is 11.8. The van der Waals surface area contributed by atoms with Gasteiger partial charge in [0.05, 0.1) is 0 Å². The fourth-order valence-electron chi connectivity index (χ4n) is 1.61. The second kappa shape index (κ2) is 6.93. The van der Waals surface area contributed by atoms with E-state index < -0.39 is 5.97 Å². The molecular formula is C15H22N2O3. The quantitative estimate of drug-likeness (QED) is 0.775. The minimum Gasteiger partial charge on any atom is -0.481 e. The van der Waals surface area contributed by atoms with Gasteiger partial charge in [-0.1, -0.05) is 39.0 Å². The lowest BCUT2D eigenvalue weighted by Gasteiger charge is -2.19. The standard InChI is InChI=1S/C15H22N2O3/c1-15(2,3)10-16-14(20)17-12-7-5-4-6-11(12)8-9-13(18)19/h4-7H,8-10H2,1-3H3,(H,18,19)(H2,16,17,20). The zero-order chi connectivity index (χ0) is 15.2. The first-order valence-corrected chi connectivity index (χ1v) is 6.62. The van der Waals surface area contributed by atoms with Gasteiger partial charge in [0, 0.05) is 18.7 Å². The van der Waals surface area contributed by atoms with Crippen LogP contribution in [0.25, 0.3) is 0 Å². The zero-order valence-corrected chi connectivity index (χ0v) is 12.2. The van der Waals surface area contributed by atoms with E-state index in [4.69, 9.17) is 5.11 Å². The number of amides is 2. The summed E-state index contributed by atoms with van der Waals surface area (Å²) < 4.78 is 0. The lowest BCUT2D eigenvalue weighted by atomic mass is 9.97. The number of carbonyl (C=O) groups excluding carboxylic acids is 1. The molecule has 1 aromatic rings. The number of carboxylic acid groups (broad SMARTS) is 1. The SMILES string of the molecule is CC(C)(C)CNC(=O)Nc1ccccc1CCC(=O)O. The van der Waals surface area contributed by atoms with Gasteiger partial charge in [-0.3, -0.25) is 4.79 Å². The number of carbonyl (C=O) groups is 2. The molecule has 0 radical (unpaired) electrons. The molecule has 1 aromatic carbocycles. The van der Waals surface area contributed by atoms with Crippen LogP contribution in [-0.4, -0.2) is 23.7 Å². The molecule has 0 aliphatic heterocycles. The van der Waals surface area contributed by atoms with Gasteiger partial charge >= 0.3 is 12.0 Å². The van der Waals surface area contributed by atoms with Gasteiger partial charge in [-0.05, 0) is 23.5 Å². The van der Waals surface area contributed by atoms with Crippen molar-refractivity contribution in [3.63, 3.8) is 0 Å². The fraction of sp³-hybridized carbons (Fsp3) is 0.467. The van der Waals surface area contributed by atoms with E-state index in [2.05, 4.69) is 10.6 Å². The highest BCUT2D eigenvalue weighted by atomic mass is 16.4. The van der Waals surface area contributed by atoms with Gasteiger partial charge in [0.1, 0.15) is 0 Å². The Morgan fingerprint density at radius 3 is 2.45 bits per heavy atom. The third-order valence-corrected chi connectivity index (χ3v) is 2.65. The Bertz CT molecular complexity index is 478. The van der Waals surface area contributed by atoms with E-state index in [1.165, 1.54) is 0 Å². The first-order chi connectivity index (χ1) is 9.28. The molecule has 0 aromatic heterocycles. The molecule has 20 heavy (non-hydrogen) atoms. The number of rotatable bonds is 5. The molecule has 0 aliphatic rings. The average molecular weight is 278 g/mol. The molecule has 2 amide bonds. The van der Waals surface area contributed by atoms with Gasteiger partial charge in [-0.25, -0.2) is 4.79 Å². The van der Waals surface area contributed by atoms with Gasteiger partial charge < -0.3 is 15.7 Å². The molecule has 5 heteroatoms. The molecule has 0 bridgehead atoms. The zero-order valence-electron chi connectivity index (χ0n) is 12.2. The van der Waals surface area contributed by atoms with Crippen molar-refractivity contribution in [2.45, 2.75) is 33.6 Å². The third kappa shape index (κ3) is 6.22. The van der Waals surface area contributed by atoms with Crippen LogP contribution in [-0.2, 0) is 11.2 Å². The van der Waals surface area contributed by atoms with Gasteiger partial charge in [-0.15, -0.1) is 0 Å². The fourth-order valence-corrected chi connectivity index (χ4v) is 1.61. The highest BCUT2D eigenvalue weighted by Crippen LogP contribution is 2.17. The number of aryl methyl sites for hydroxylation is 1. The number of carboxylic acids is 1. The second-order valence-corrected chi connectivity index (χ2v) is 5.92. The van der Waals surface area contributed by atoms with Crippen molar-refractivity contribution in [2.24, 2.45) is 5.41 Å². The van der Waals surface area contributed by atoms with Crippen molar-refractivity contribution >= 4 is 17.7 Å². The highest BCUT2D eigenvalue weighted by Gasteiger charge is 2.13. The number of hydrogen-bond donors (Lipinski definition) is 3. The molecule has 110 valence electrons. The van der Waals surface area contributed by atoms with Crippen LogP contribution in [0.3, 0.4) is 0 Å². The Morgan fingerprint density at radius 2 is 1.85 bits per heavy atom. The van der Waals surface area contributed by atoms with Crippen LogP contribution >= 0.6 is 0 Å². The lowest BCUT2D eigenvalue weighted by Crippen LogP contribution is -2.35. The summed E-state index contributed by atoms with van der Waals surface area (Å²) in [5.41, 5.74) is 1.49. The van der Waals surface area contributed by atoms with Crippen molar-refractivity contribution in [1.29, 1.82) is 0 Å². The summed E-state index contributed by atoms with van der Waals surface area (Å²) in [6, 6.07) is 6.96. The molecule has 0 heterocycles. The number of benzene rings is 1. The normalized spacial score (nSPS) is 10.9. The predicted molar refractivity (Wildman–Crippen MR) is 78.9 cm³/mol. The Kier molecular flexibility index (Phi) is 5.55. The van der Waals surface area contributed by atoms with Crippen molar-refractivity contribution in [3.05, 3.63) is 29.8 Å².